The molecule has 5 nitrogen and oxygen atoms in total. The summed E-state index contributed by atoms with van der Waals surface area (Å²) in [7, 11) is 0. The van der Waals surface area contributed by atoms with Gasteiger partial charge in [0.25, 0.3) is 0 Å². The smallest absolute Gasteiger partial charge is 0.245 e. The molecule has 0 saturated heterocycles. The Morgan fingerprint density at radius 2 is 2.25 bits per heavy atom. The molecule has 0 aromatic carbocycles. The third kappa shape index (κ3) is 2.96. The summed E-state index contributed by atoms with van der Waals surface area (Å²) in [6.07, 6.45) is 5.27. The van der Waals surface area contributed by atoms with Crippen molar-refractivity contribution in [3.63, 3.8) is 0 Å². The predicted octanol–water partition coefficient (Wildman–Crippen LogP) is 1.24. The van der Waals surface area contributed by atoms with Crippen LogP contribution in [0.5, 0.6) is 0 Å². The van der Waals surface area contributed by atoms with Gasteiger partial charge >= 0.3 is 0 Å². The van der Waals surface area contributed by atoms with Gasteiger partial charge in [-0.1, -0.05) is 18.0 Å². The van der Waals surface area contributed by atoms with Crippen molar-refractivity contribution in [2.75, 3.05) is 6.61 Å². The van der Waals surface area contributed by atoms with E-state index in [1.807, 2.05) is 11.8 Å². The number of aliphatic hydroxyl groups excluding tert-OH is 1. The van der Waals surface area contributed by atoms with Gasteiger partial charge in [0.1, 0.15) is 6.04 Å². The van der Waals surface area contributed by atoms with Crippen LogP contribution in [0, 0.1) is 0 Å². The zero-order valence-electron chi connectivity index (χ0n) is 9.13. The number of hydrogen-bond donors (Lipinski definition) is 2. The number of aliphatic hydroxyl groups is 1. The molecule has 1 aliphatic carbocycles. The summed E-state index contributed by atoms with van der Waals surface area (Å²) in [5.74, 6) is 1.77. The molecule has 1 heterocycles. The zero-order chi connectivity index (χ0) is 11.4. The molecule has 0 spiro atoms. The van der Waals surface area contributed by atoms with Gasteiger partial charge < -0.3 is 15.4 Å². The number of nitrogens with zero attached hydrogens (tertiary/aromatic N) is 2. The lowest BCUT2D eigenvalue weighted by Crippen LogP contribution is -2.14. The Morgan fingerprint density at radius 1 is 1.50 bits per heavy atom. The van der Waals surface area contributed by atoms with Crippen LogP contribution in [0.25, 0.3) is 0 Å². The Kier molecular flexibility index (Phi) is 4.20. The highest BCUT2D eigenvalue weighted by molar-refractivity contribution is 7.99. The second-order valence-electron chi connectivity index (χ2n) is 4.06. The lowest BCUT2D eigenvalue weighted by molar-refractivity contribution is 0.236. The molecule has 0 unspecified atom stereocenters. The first-order chi connectivity index (χ1) is 7.79. The summed E-state index contributed by atoms with van der Waals surface area (Å²) in [5, 5.41) is 13.4. The van der Waals surface area contributed by atoms with Crippen molar-refractivity contribution >= 4 is 11.8 Å². The molecule has 2 rings (SSSR count). The average Bonchev–Trinajstić information content (AvgIpc) is 2.96. The van der Waals surface area contributed by atoms with Crippen LogP contribution < -0.4 is 5.73 Å². The SMILES string of the molecule is N[C@H](CO)c1nc(CSC2CCCC2)no1. The van der Waals surface area contributed by atoms with E-state index in [0.717, 1.165) is 11.0 Å². The van der Waals surface area contributed by atoms with E-state index in [1.54, 1.807) is 0 Å². The monoisotopic (exact) mass is 243 g/mol. The van der Waals surface area contributed by atoms with Crippen LogP contribution in [0.15, 0.2) is 4.52 Å². The van der Waals surface area contributed by atoms with Crippen molar-refractivity contribution in [2.24, 2.45) is 5.73 Å². The fourth-order valence-electron chi connectivity index (χ4n) is 1.80. The summed E-state index contributed by atoms with van der Waals surface area (Å²) in [6.45, 7) is -0.169. The lowest BCUT2D eigenvalue weighted by Gasteiger charge is -2.05. The molecule has 0 bridgehead atoms. The van der Waals surface area contributed by atoms with Crippen LogP contribution in [0.1, 0.15) is 43.4 Å². The maximum atomic E-state index is 8.84. The molecule has 6 heteroatoms. The first kappa shape index (κ1) is 11.9. The van der Waals surface area contributed by atoms with E-state index in [1.165, 1.54) is 25.7 Å². The van der Waals surface area contributed by atoms with Crippen LogP contribution in [-0.2, 0) is 5.75 Å². The van der Waals surface area contributed by atoms with E-state index in [0.29, 0.717) is 11.7 Å². The van der Waals surface area contributed by atoms with Gasteiger partial charge in [0.15, 0.2) is 5.82 Å². The van der Waals surface area contributed by atoms with Crippen LogP contribution in [-0.4, -0.2) is 27.1 Å². The van der Waals surface area contributed by atoms with Crippen molar-refractivity contribution < 1.29 is 9.63 Å². The Bertz CT molecular complexity index is 326. The molecule has 1 fully saturated rings. The normalized spacial score (nSPS) is 19.1. The van der Waals surface area contributed by atoms with Crippen LogP contribution >= 0.6 is 11.8 Å². The summed E-state index contributed by atoms with van der Waals surface area (Å²) in [5.41, 5.74) is 5.57. The standard InChI is InChI=1S/C10H17N3O2S/c11-8(5-14)10-12-9(13-15-10)6-16-7-3-1-2-4-7/h7-8,14H,1-6,11H2/t8-/m1/s1. The highest BCUT2D eigenvalue weighted by atomic mass is 32.2. The molecule has 0 aliphatic heterocycles. The fourth-order valence-corrected chi connectivity index (χ4v) is 2.97. The van der Waals surface area contributed by atoms with Gasteiger partial charge in [-0.2, -0.15) is 16.7 Å². The highest BCUT2D eigenvalue weighted by Crippen LogP contribution is 2.31. The van der Waals surface area contributed by atoms with Crippen molar-refractivity contribution in [1.29, 1.82) is 0 Å². The second-order valence-corrected chi connectivity index (χ2v) is 5.34. The molecule has 0 radical (unpaired) electrons. The van der Waals surface area contributed by atoms with E-state index < -0.39 is 6.04 Å². The minimum absolute atomic E-state index is 0.169. The maximum absolute atomic E-state index is 8.84. The van der Waals surface area contributed by atoms with Gasteiger partial charge in [-0.15, -0.1) is 0 Å². The minimum atomic E-state index is -0.558. The molecule has 3 N–H and O–H groups in total. The molecule has 1 aromatic rings. The molecule has 1 aromatic heterocycles. The summed E-state index contributed by atoms with van der Waals surface area (Å²) in [4.78, 5) is 4.16. The summed E-state index contributed by atoms with van der Waals surface area (Å²) < 4.78 is 4.97. The molecule has 1 atom stereocenters. The molecule has 16 heavy (non-hydrogen) atoms. The maximum Gasteiger partial charge on any atom is 0.245 e. The van der Waals surface area contributed by atoms with E-state index in [4.69, 9.17) is 15.4 Å². The number of aromatic nitrogens is 2. The largest absolute Gasteiger partial charge is 0.394 e. The van der Waals surface area contributed by atoms with Crippen molar-refractivity contribution in [1.82, 2.24) is 10.1 Å². The number of hydrogen-bond acceptors (Lipinski definition) is 6. The van der Waals surface area contributed by atoms with E-state index >= 15 is 0 Å². The zero-order valence-corrected chi connectivity index (χ0v) is 9.95. The molecular formula is C10H17N3O2S. The van der Waals surface area contributed by atoms with Crippen LogP contribution in [0.4, 0.5) is 0 Å². The van der Waals surface area contributed by atoms with Gasteiger partial charge in [-0.05, 0) is 12.8 Å². The topological polar surface area (TPSA) is 85.2 Å². The third-order valence-electron chi connectivity index (χ3n) is 2.75. The predicted molar refractivity (Wildman–Crippen MR) is 61.9 cm³/mol. The van der Waals surface area contributed by atoms with Crippen molar-refractivity contribution in [2.45, 2.75) is 42.7 Å². The average molecular weight is 243 g/mol. The molecule has 1 aliphatic rings. The minimum Gasteiger partial charge on any atom is -0.394 e. The molecule has 90 valence electrons. The molecular weight excluding hydrogens is 226 g/mol. The number of thioether (sulfide) groups is 1. The van der Waals surface area contributed by atoms with E-state index in [2.05, 4.69) is 10.1 Å². The van der Waals surface area contributed by atoms with Gasteiger partial charge in [-0.3, -0.25) is 0 Å². The Hall–Kier alpha value is -0.590. The Balaban J connectivity index is 1.82. The summed E-state index contributed by atoms with van der Waals surface area (Å²) >= 11 is 1.88. The van der Waals surface area contributed by atoms with Gasteiger partial charge in [0.2, 0.25) is 5.89 Å². The van der Waals surface area contributed by atoms with Gasteiger partial charge in [-0.25, -0.2) is 0 Å². The number of nitrogens with two attached hydrogens (primary N) is 1. The van der Waals surface area contributed by atoms with Crippen molar-refractivity contribution in [3.8, 4) is 0 Å². The molecule has 1 saturated carbocycles. The quantitative estimate of drug-likeness (QED) is 0.809. The second kappa shape index (κ2) is 5.65. The first-order valence-corrected chi connectivity index (χ1v) is 6.65. The van der Waals surface area contributed by atoms with E-state index in [-0.39, 0.29) is 6.61 Å². The van der Waals surface area contributed by atoms with E-state index in [9.17, 15) is 0 Å². The van der Waals surface area contributed by atoms with Crippen LogP contribution in [0.2, 0.25) is 0 Å². The van der Waals surface area contributed by atoms with Gasteiger partial charge in [0.05, 0.1) is 12.4 Å². The fraction of sp³-hybridized carbons (Fsp3) is 0.800. The Morgan fingerprint density at radius 3 is 2.94 bits per heavy atom. The highest BCUT2D eigenvalue weighted by Gasteiger charge is 2.18. The van der Waals surface area contributed by atoms with Gasteiger partial charge in [0, 0.05) is 5.25 Å². The Labute approximate surface area is 98.8 Å². The first-order valence-electron chi connectivity index (χ1n) is 5.60. The van der Waals surface area contributed by atoms with Crippen LogP contribution in [0.3, 0.4) is 0 Å². The molecule has 0 amide bonds. The van der Waals surface area contributed by atoms with Crippen molar-refractivity contribution in [3.05, 3.63) is 11.7 Å². The number of rotatable bonds is 5. The summed E-state index contributed by atoms with van der Waals surface area (Å²) in [6, 6.07) is -0.558. The lowest BCUT2D eigenvalue weighted by atomic mass is 10.3. The third-order valence-corrected chi connectivity index (χ3v) is 4.12.